The Hall–Kier alpha value is -1.07. The maximum Gasteiger partial charge on any atom is 0.410 e. The summed E-state index contributed by atoms with van der Waals surface area (Å²) >= 11 is 0. The predicted molar refractivity (Wildman–Crippen MR) is 93.3 cm³/mol. The van der Waals surface area contributed by atoms with Crippen LogP contribution in [-0.4, -0.2) is 48.8 Å². The first-order chi connectivity index (χ1) is 10.9. The van der Waals surface area contributed by atoms with Crippen LogP contribution in [0.3, 0.4) is 0 Å². The molecule has 0 aromatic heterocycles. The first kappa shape index (κ1) is 18.3. The van der Waals surface area contributed by atoms with E-state index in [0.29, 0.717) is 18.5 Å². The minimum absolute atomic E-state index is 0.212. The number of amides is 1. The maximum absolute atomic E-state index is 12.1. The molecular formula is C18H33N3O2. The minimum Gasteiger partial charge on any atom is -0.444 e. The third-order valence-electron chi connectivity index (χ3n) is 4.76. The van der Waals surface area contributed by atoms with Crippen molar-refractivity contribution in [2.75, 3.05) is 26.2 Å². The van der Waals surface area contributed by atoms with Crippen LogP contribution in [0, 0.1) is 5.92 Å². The largest absolute Gasteiger partial charge is 0.444 e. The van der Waals surface area contributed by atoms with Crippen LogP contribution >= 0.6 is 0 Å². The predicted octanol–water partition coefficient (Wildman–Crippen LogP) is 2.66. The lowest BCUT2D eigenvalue weighted by molar-refractivity contribution is 0.0265. The monoisotopic (exact) mass is 323 g/mol. The highest BCUT2D eigenvalue weighted by atomic mass is 16.6. The van der Waals surface area contributed by atoms with Crippen LogP contribution in [0.15, 0.2) is 11.6 Å². The van der Waals surface area contributed by atoms with Gasteiger partial charge in [0.15, 0.2) is 0 Å². The molecule has 1 amide bonds. The Morgan fingerprint density at radius 2 is 2.13 bits per heavy atom. The summed E-state index contributed by atoms with van der Waals surface area (Å²) in [5.41, 5.74) is 6.86. The molecule has 0 aromatic carbocycles. The molecule has 1 saturated carbocycles. The smallest absolute Gasteiger partial charge is 0.410 e. The SMILES string of the molecule is CC(C)(C)OC(=O)N1CC=C(CNC2CCCCC2CN)CC1. The van der Waals surface area contributed by atoms with Crippen molar-refractivity contribution in [1.82, 2.24) is 10.2 Å². The Labute approximate surface area is 140 Å². The highest BCUT2D eigenvalue weighted by molar-refractivity contribution is 5.68. The van der Waals surface area contributed by atoms with Crippen molar-refractivity contribution in [3.63, 3.8) is 0 Å². The van der Waals surface area contributed by atoms with Crippen LogP contribution in [0.4, 0.5) is 4.79 Å². The molecule has 5 heteroatoms. The summed E-state index contributed by atoms with van der Waals surface area (Å²) in [6.45, 7) is 8.80. The molecule has 0 radical (unpaired) electrons. The molecule has 132 valence electrons. The van der Waals surface area contributed by atoms with E-state index in [4.69, 9.17) is 10.5 Å². The van der Waals surface area contributed by atoms with E-state index < -0.39 is 5.60 Å². The van der Waals surface area contributed by atoms with Gasteiger partial charge in [-0.25, -0.2) is 4.79 Å². The molecule has 2 atom stereocenters. The lowest BCUT2D eigenvalue weighted by Crippen LogP contribution is -2.44. The van der Waals surface area contributed by atoms with Crippen molar-refractivity contribution in [1.29, 1.82) is 0 Å². The molecule has 2 rings (SSSR count). The number of nitrogens with two attached hydrogens (primary N) is 1. The van der Waals surface area contributed by atoms with Crippen molar-refractivity contribution in [2.45, 2.75) is 64.5 Å². The van der Waals surface area contributed by atoms with E-state index in [1.165, 1.54) is 31.3 Å². The fraction of sp³-hybridized carbons (Fsp3) is 0.833. The van der Waals surface area contributed by atoms with E-state index in [9.17, 15) is 4.79 Å². The highest BCUT2D eigenvalue weighted by Crippen LogP contribution is 2.24. The van der Waals surface area contributed by atoms with E-state index in [2.05, 4.69) is 11.4 Å². The van der Waals surface area contributed by atoms with Crippen molar-refractivity contribution >= 4 is 6.09 Å². The van der Waals surface area contributed by atoms with E-state index in [-0.39, 0.29) is 6.09 Å². The lowest BCUT2D eigenvalue weighted by atomic mass is 9.84. The topological polar surface area (TPSA) is 67.6 Å². The molecule has 1 heterocycles. The molecule has 1 aliphatic carbocycles. The van der Waals surface area contributed by atoms with Crippen LogP contribution in [0.2, 0.25) is 0 Å². The van der Waals surface area contributed by atoms with Crippen molar-refractivity contribution < 1.29 is 9.53 Å². The molecule has 1 fully saturated rings. The number of carbonyl (C=O) groups excluding carboxylic acids is 1. The molecule has 0 aromatic rings. The van der Waals surface area contributed by atoms with Gasteiger partial charge < -0.3 is 20.7 Å². The summed E-state index contributed by atoms with van der Waals surface area (Å²) in [4.78, 5) is 13.8. The van der Waals surface area contributed by atoms with Gasteiger partial charge >= 0.3 is 6.09 Å². The van der Waals surface area contributed by atoms with Crippen LogP contribution < -0.4 is 11.1 Å². The minimum atomic E-state index is -0.430. The number of rotatable bonds is 4. The average Bonchev–Trinajstić information content (AvgIpc) is 2.52. The van der Waals surface area contributed by atoms with Gasteiger partial charge in [0.05, 0.1) is 0 Å². The third kappa shape index (κ3) is 5.81. The Kier molecular flexibility index (Phi) is 6.48. The molecule has 2 unspecified atom stereocenters. The van der Waals surface area contributed by atoms with Gasteiger partial charge in [0.25, 0.3) is 0 Å². The number of nitrogens with one attached hydrogen (secondary N) is 1. The van der Waals surface area contributed by atoms with E-state index in [1.54, 1.807) is 4.90 Å². The number of nitrogens with zero attached hydrogens (tertiary/aromatic N) is 1. The second-order valence-corrected chi connectivity index (χ2v) is 7.81. The molecular weight excluding hydrogens is 290 g/mol. The summed E-state index contributed by atoms with van der Waals surface area (Å²) in [7, 11) is 0. The third-order valence-corrected chi connectivity index (χ3v) is 4.76. The summed E-state index contributed by atoms with van der Waals surface area (Å²) < 4.78 is 5.42. The quantitative estimate of drug-likeness (QED) is 0.781. The summed E-state index contributed by atoms with van der Waals surface area (Å²) in [5.74, 6) is 0.617. The fourth-order valence-corrected chi connectivity index (χ4v) is 3.38. The Morgan fingerprint density at radius 3 is 2.74 bits per heavy atom. The maximum atomic E-state index is 12.1. The van der Waals surface area contributed by atoms with E-state index in [0.717, 1.165) is 26.1 Å². The number of ether oxygens (including phenoxy) is 1. The van der Waals surface area contributed by atoms with Gasteiger partial charge in [-0.05, 0) is 52.5 Å². The molecule has 23 heavy (non-hydrogen) atoms. The van der Waals surface area contributed by atoms with E-state index in [1.807, 2.05) is 20.8 Å². The average molecular weight is 323 g/mol. The van der Waals surface area contributed by atoms with Gasteiger partial charge in [-0.1, -0.05) is 24.5 Å². The second kappa shape index (κ2) is 8.15. The molecule has 3 N–H and O–H groups in total. The molecule has 1 aliphatic heterocycles. The van der Waals surface area contributed by atoms with Crippen LogP contribution in [0.1, 0.15) is 52.9 Å². The number of hydrogen-bond donors (Lipinski definition) is 2. The normalized spacial score (nSPS) is 25.9. The van der Waals surface area contributed by atoms with Crippen LogP contribution in [-0.2, 0) is 4.74 Å². The van der Waals surface area contributed by atoms with Crippen molar-refractivity contribution in [2.24, 2.45) is 11.7 Å². The zero-order valence-electron chi connectivity index (χ0n) is 14.9. The van der Waals surface area contributed by atoms with Gasteiger partial charge in [-0.3, -0.25) is 0 Å². The molecule has 0 bridgehead atoms. The van der Waals surface area contributed by atoms with Crippen LogP contribution in [0.5, 0.6) is 0 Å². The molecule has 2 aliphatic rings. The first-order valence-corrected chi connectivity index (χ1v) is 8.98. The second-order valence-electron chi connectivity index (χ2n) is 7.81. The van der Waals surface area contributed by atoms with Gasteiger partial charge in [-0.2, -0.15) is 0 Å². The lowest BCUT2D eigenvalue weighted by Gasteiger charge is -2.33. The summed E-state index contributed by atoms with van der Waals surface area (Å²) in [6, 6.07) is 0.554. The summed E-state index contributed by atoms with van der Waals surface area (Å²) in [6.07, 6.45) is 7.98. The Balaban J connectivity index is 1.77. The number of hydrogen-bond acceptors (Lipinski definition) is 4. The number of carbonyl (C=O) groups is 1. The zero-order valence-corrected chi connectivity index (χ0v) is 14.9. The molecule has 0 spiro atoms. The fourth-order valence-electron chi connectivity index (χ4n) is 3.38. The summed E-state index contributed by atoms with van der Waals surface area (Å²) in [5, 5.41) is 3.69. The van der Waals surface area contributed by atoms with E-state index >= 15 is 0 Å². The highest BCUT2D eigenvalue weighted by Gasteiger charge is 2.25. The van der Waals surface area contributed by atoms with Gasteiger partial charge in [0.1, 0.15) is 5.60 Å². The molecule has 5 nitrogen and oxygen atoms in total. The van der Waals surface area contributed by atoms with Crippen LogP contribution in [0.25, 0.3) is 0 Å². The van der Waals surface area contributed by atoms with Gasteiger partial charge in [-0.15, -0.1) is 0 Å². The zero-order chi connectivity index (χ0) is 16.9. The Morgan fingerprint density at radius 1 is 1.39 bits per heavy atom. The van der Waals surface area contributed by atoms with Gasteiger partial charge in [0.2, 0.25) is 0 Å². The van der Waals surface area contributed by atoms with Gasteiger partial charge in [0, 0.05) is 25.7 Å². The Bertz CT molecular complexity index is 428. The molecule has 0 saturated heterocycles. The standard InChI is InChI=1S/C18H33N3O2/c1-18(2,3)23-17(22)21-10-8-14(9-11-21)13-20-16-7-5-4-6-15(16)12-19/h8,15-16,20H,4-7,9-13,19H2,1-3H3. The first-order valence-electron chi connectivity index (χ1n) is 8.98. The van der Waals surface area contributed by atoms with Crippen molar-refractivity contribution in [3.05, 3.63) is 11.6 Å². The van der Waals surface area contributed by atoms with Crippen molar-refractivity contribution in [3.8, 4) is 0 Å².